The van der Waals surface area contributed by atoms with Gasteiger partial charge in [0.25, 0.3) is 0 Å². The van der Waals surface area contributed by atoms with Gasteiger partial charge in [0.15, 0.2) is 0 Å². The Balaban J connectivity index is 0.00000169. The first-order chi connectivity index (χ1) is 11.7. The van der Waals surface area contributed by atoms with Gasteiger partial charge in [-0.05, 0) is 17.9 Å². The molecule has 3 atom stereocenters. The summed E-state index contributed by atoms with van der Waals surface area (Å²) in [7, 11) is 0. The van der Waals surface area contributed by atoms with Crippen LogP contribution in [-0.2, 0) is 16.1 Å². The highest BCUT2D eigenvalue weighted by Crippen LogP contribution is 2.19. The van der Waals surface area contributed by atoms with Crippen LogP contribution in [-0.4, -0.2) is 55.7 Å². The molecule has 1 aromatic rings. The second-order valence-electron chi connectivity index (χ2n) is 7.09. The van der Waals surface area contributed by atoms with Crippen molar-refractivity contribution in [3.05, 3.63) is 35.9 Å². The van der Waals surface area contributed by atoms with Gasteiger partial charge in [0, 0.05) is 44.7 Å². The lowest BCUT2D eigenvalue weighted by Gasteiger charge is -2.37. The molecule has 0 radical (unpaired) electrons. The van der Waals surface area contributed by atoms with Crippen LogP contribution in [0.25, 0.3) is 0 Å². The number of piperidine rings is 1. The minimum Gasteiger partial charge on any atom is -0.378 e. The molecule has 0 bridgehead atoms. The van der Waals surface area contributed by atoms with Crippen LogP contribution in [0.5, 0.6) is 0 Å². The molecule has 5 nitrogen and oxygen atoms in total. The standard InChI is InChI=1S/C19H29N3O2.2ClH/c1-15-12-22(13-16-5-3-2-4-6-16)9-7-18(15)21-19(23)11-17-14-24-10-8-20-17;;/h2-6,15,17-18,20H,7-14H2,1H3,(H,21,23);2*1H. The quantitative estimate of drug-likeness (QED) is 0.791. The largest absolute Gasteiger partial charge is 0.378 e. The summed E-state index contributed by atoms with van der Waals surface area (Å²) in [6.45, 7) is 7.53. The summed E-state index contributed by atoms with van der Waals surface area (Å²) >= 11 is 0. The van der Waals surface area contributed by atoms with Crippen LogP contribution in [0.15, 0.2) is 30.3 Å². The highest BCUT2D eigenvalue weighted by Gasteiger charge is 2.28. The molecule has 0 spiro atoms. The molecule has 2 saturated heterocycles. The fourth-order valence-corrected chi connectivity index (χ4v) is 3.67. The smallest absolute Gasteiger partial charge is 0.221 e. The van der Waals surface area contributed by atoms with Crippen LogP contribution in [0, 0.1) is 5.92 Å². The van der Waals surface area contributed by atoms with Crippen LogP contribution in [0.1, 0.15) is 25.3 Å². The van der Waals surface area contributed by atoms with Crippen molar-refractivity contribution in [2.24, 2.45) is 5.92 Å². The molecule has 2 fully saturated rings. The first kappa shape index (κ1) is 23.2. The van der Waals surface area contributed by atoms with E-state index in [1.165, 1.54) is 5.56 Å². The number of carbonyl (C=O) groups excluding carboxylic acids is 1. The van der Waals surface area contributed by atoms with Crippen molar-refractivity contribution in [3.63, 3.8) is 0 Å². The molecule has 2 N–H and O–H groups in total. The Hall–Kier alpha value is -0.850. The number of hydrogen-bond donors (Lipinski definition) is 2. The van der Waals surface area contributed by atoms with Crippen molar-refractivity contribution in [2.75, 3.05) is 32.8 Å². The number of morpholine rings is 1. The molecule has 148 valence electrons. The summed E-state index contributed by atoms with van der Waals surface area (Å²) in [5, 5.41) is 6.58. The lowest BCUT2D eigenvalue weighted by molar-refractivity contribution is -0.123. The average molecular weight is 404 g/mol. The summed E-state index contributed by atoms with van der Waals surface area (Å²) in [4.78, 5) is 14.8. The van der Waals surface area contributed by atoms with E-state index in [1.54, 1.807) is 0 Å². The Bertz CT molecular complexity index is 527. The maximum absolute atomic E-state index is 12.3. The minimum absolute atomic E-state index is 0. The van der Waals surface area contributed by atoms with Crippen LogP contribution in [0.2, 0.25) is 0 Å². The second kappa shape index (κ2) is 11.8. The molecule has 1 amide bonds. The van der Waals surface area contributed by atoms with E-state index < -0.39 is 0 Å². The minimum atomic E-state index is 0. The van der Waals surface area contributed by atoms with Gasteiger partial charge in [-0.2, -0.15) is 0 Å². The van der Waals surface area contributed by atoms with Gasteiger partial charge in [-0.1, -0.05) is 37.3 Å². The number of ether oxygens (including phenoxy) is 1. The highest BCUT2D eigenvalue weighted by molar-refractivity contribution is 5.85. The first-order valence-electron chi connectivity index (χ1n) is 9.07. The van der Waals surface area contributed by atoms with Gasteiger partial charge in [-0.3, -0.25) is 9.69 Å². The Kier molecular flexibility index (Phi) is 10.5. The molecule has 3 unspecified atom stereocenters. The molecule has 0 aromatic heterocycles. The number of rotatable bonds is 5. The Morgan fingerprint density at radius 1 is 1.31 bits per heavy atom. The number of halogens is 2. The summed E-state index contributed by atoms with van der Waals surface area (Å²) in [6, 6.07) is 11.0. The normalized spacial score (nSPS) is 26.3. The number of nitrogens with zero attached hydrogens (tertiary/aromatic N) is 1. The topological polar surface area (TPSA) is 53.6 Å². The van der Waals surface area contributed by atoms with Gasteiger partial charge in [0.05, 0.1) is 13.2 Å². The van der Waals surface area contributed by atoms with Gasteiger partial charge in [0.1, 0.15) is 0 Å². The maximum Gasteiger partial charge on any atom is 0.221 e. The third-order valence-corrected chi connectivity index (χ3v) is 5.02. The lowest BCUT2D eigenvalue weighted by Crippen LogP contribution is -2.51. The average Bonchev–Trinajstić information content (AvgIpc) is 2.59. The lowest BCUT2D eigenvalue weighted by atomic mass is 9.93. The second-order valence-corrected chi connectivity index (χ2v) is 7.09. The fourth-order valence-electron chi connectivity index (χ4n) is 3.67. The molecule has 0 aliphatic carbocycles. The number of hydrogen-bond acceptors (Lipinski definition) is 4. The van der Waals surface area contributed by atoms with Gasteiger partial charge in [-0.15, -0.1) is 24.8 Å². The Morgan fingerprint density at radius 3 is 2.73 bits per heavy atom. The van der Waals surface area contributed by atoms with Gasteiger partial charge in [-0.25, -0.2) is 0 Å². The van der Waals surface area contributed by atoms with E-state index in [-0.39, 0.29) is 42.8 Å². The van der Waals surface area contributed by atoms with E-state index in [0.29, 0.717) is 18.9 Å². The summed E-state index contributed by atoms with van der Waals surface area (Å²) in [6.07, 6.45) is 1.53. The molecule has 26 heavy (non-hydrogen) atoms. The molecule has 3 rings (SSSR count). The zero-order chi connectivity index (χ0) is 16.8. The van der Waals surface area contributed by atoms with E-state index in [1.807, 2.05) is 0 Å². The van der Waals surface area contributed by atoms with Crippen molar-refractivity contribution in [1.29, 1.82) is 0 Å². The number of likely N-dealkylation sites (tertiary alicyclic amines) is 1. The summed E-state index contributed by atoms with van der Waals surface area (Å²) in [5.41, 5.74) is 1.36. The van der Waals surface area contributed by atoms with E-state index >= 15 is 0 Å². The van der Waals surface area contributed by atoms with E-state index in [9.17, 15) is 4.79 Å². The fraction of sp³-hybridized carbons (Fsp3) is 0.632. The maximum atomic E-state index is 12.3. The third-order valence-electron chi connectivity index (χ3n) is 5.02. The van der Waals surface area contributed by atoms with Crippen LogP contribution < -0.4 is 10.6 Å². The predicted octanol–water partition coefficient (Wildman–Crippen LogP) is 2.24. The Morgan fingerprint density at radius 2 is 2.08 bits per heavy atom. The molecule has 2 heterocycles. The molecule has 0 saturated carbocycles. The molecule has 2 aliphatic rings. The molecular weight excluding hydrogens is 373 g/mol. The van der Waals surface area contributed by atoms with E-state index in [0.717, 1.165) is 39.2 Å². The van der Waals surface area contributed by atoms with E-state index in [4.69, 9.17) is 4.74 Å². The predicted molar refractivity (Wildman–Crippen MR) is 109 cm³/mol. The van der Waals surface area contributed by atoms with Gasteiger partial charge >= 0.3 is 0 Å². The van der Waals surface area contributed by atoms with Crippen LogP contribution in [0.3, 0.4) is 0 Å². The van der Waals surface area contributed by atoms with Crippen molar-refractivity contribution in [1.82, 2.24) is 15.5 Å². The Labute approximate surface area is 169 Å². The molecular formula is C19H31Cl2N3O2. The molecule has 1 aromatic carbocycles. The van der Waals surface area contributed by atoms with Gasteiger partial charge in [0.2, 0.25) is 5.91 Å². The number of amides is 1. The molecule has 2 aliphatic heterocycles. The molecule has 7 heteroatoms. The third kappa shape index (κ3) is 7.05. The summed E-state index contributed by atoms with van der Waals surface area (Å²) < 4.78 is 5.42. The zero-order valence-corrected chi connectivity index (χ0v) is 17.0. The zero-order valence-electron chi connectivity index (χ0n) is 15.4. The van der Waals surface area contributed by atoms with Crippen molar-refractivity contribution < 1.29 is 9.53 Å². The number of carbonyl (C=O) groups is 1. The van der Waals surface area contributed by atoms with Gasteiger partial charge < -0.3 is 15.4 Å². The SMILES string of the molecule is CC1CN(Cc2ccccc2)CCC1NC(=O)CC1COCCN1.Cl.Cl. The van der Waals surface area contributed by atoms with Crippen molar-refractivity contribution >= 4 is 30.7 Å². The van der Waals surface area contributed by atoms with Crippen molar-refractivity contribution in [2.45, 2.75) is 38.4 Å². The monoisotopic (exact) mass is 403 g/mol. The van der Waals surface area contributed by atoms with Crippen molar-refractivity contribution in [3.8, 4) is 0 Å². The summed E-state index contributed by atoms with van der Waals surface area (Å²) in [5.74, 6) is 0.619. The highest BCUT2D eigenvalue weighted by atomic mass is 35.5. The first-order valence-corrected chi connectivity index (χ1v) is 9.07. The van der Waals surface area contributed by atoms with Crippen LogP contribution >= 0.6 is 24.8 Å². The van der Waals surface area contributed by atoms with Crippen LogP contribution in [0.4, 0.5) is 0 Å². The number of benzene rings is 1. The number of nitrogens with one attached hydrogen (secondary N) is 2. The van der Waals surface area contributed by atoms with E-state index in [2.05, 4.69) is 52.8 Å².